The summed E-state index contributed by atoms with van der Waals surface area (Å²) in [7, 11) is -3.50. The van der Waals surface area contributed by atoms with Crippen molar-refractivity contribution in [2.45, 2.75) is 18.4 Å². The molecule has 6 heteroatoms. The van der Waals surface area contributed by atoms with Gasteiger partial charge in [0.15, 0.2) is 0 Å². The molecule has 2 aliphatic rings. The fraction of sp³-hybridized carbons (Fsp3) is 1.00. The number of hydrogen-bond acceptors (Lipinski definition) is 3. The average molecular weight is 192 g/mol. The van der Waals surface area contributed by atoms with Gasteiger partial charge >= 0.3 is 0 Å². The normalized spacial score (nSPS) is 37.1. The topological polar surface area (TPSA) is 72.6 Å². The van der Waals surface area contributed by atoms with Gasteiger partial charge in [0.05, 0.1) is 12.2 Å². The standard InChI is InChI=1S/C6H12N2O3S/c7-12(9,10)8-3-1-6(5-8)2-4-11-6/h1-5H2,(H2,7,9,10)/t6-/m0/s1. The second kappa shape index (κ2) is 2.41. The van der Waals surface area contributed by atoms with Crippen molar-refractivity contribution >= 4 is 10.2 Å². The smallest absolute Gasteiger partial charge is 0.277 e. The van der Waals surface area contributed by atoms with Crippen molar-refractivity contribution in [2.24, 2.45) is 5.14 Å². The van der Waals surface area contributed by atoms with Crippen LogP contribution in [0.25, 0.3) is 0 Å². The Kier molecular flexibility index (Phi) is 1.69. The summed E-state index contributed by atoms with van der Waals surface area (Å²) in [5.41, 5.74) is -0.188. The highest BCUT2D eigenvalue weighted by Gasteiger charge is 2.46. The van der Waals surface area contributed by atoms with Crippen LogP contribution >= 0.6 is 0 Å². The van der Waals surface area contributed by atoms with Crippen LogP contribution in [0.5, 0.6) is 0 Å². The van der Waals surface area contributed by atoms with Crippen LogP contribution in [-0.2, 0) is 14.9 Å². The number of nitrogens with zero attached hydrogens (tertiary/aromatic N) is 1. The monoisotopic (exact) mass is 192 g/mol. The minimum absolute atomic E-state index is 0.188. The molecule has 0 aromatic carbocycles. The lowest BCUT2D eigenvalue weighted by atomic mass is 9.94. The van der Waals surface area contributed by atoms with Crippen LogP contribution in [0.4, 0.5) is 0 Å². The van der Waals surface area contributed by atoms with E-state index >= 15 is 0 Å². The summed E-state index contributed by atoms with van der Waals surface area (Å²) in [5, 5.41) is 4.98. The molecule has 0 aromatic heterocycles. The Hall–Kier alpha value is -0.170. The lowest BCUT2D eigenvalue weighted by Gasteiger charge is -2.38. The Labute approximate surface area is 71.7 Å². The van der Waals surface area contributed by atoms with Gasteiger partial charge in [0.25, 0.3) is 10.2 Å². The van der Waals surface area contributed by atoms with E-state index in [4.69, 9.17) is 9.88 Å². The van der Waals surface area contributed by atoms with Crippen LogP contribution in [0.1, 0.15) is 12.8 Å². The van der Waals surface area contributed by atoms with E-state index in [1.165, 1.54) is 4.31 Å². The van der Waals surface area contributed by atoms with E-state index < -0.39 is 10.2 Å². The molecular formula is C6H12N2O3S. The molecule has 1 atom stereocenters. The molecule has 1 spiro atoms. The predicted molar refractivity (Wildman–Crippen MR) is 42.6 cm³/mol. The maximum Gasteiger partial charge on any atom is 0.277 e. The molecule has 2 rings (SSSR count). The molecule has 2 N–H and O–H groups in total. The summed E-state index contributed by atoms with van der Waals surface area (Å²) >= 11 is 0. The maximum atomic E-state index is 10.9. The Morgan fingerprint density at radius 3 is 2.33 bits per heavy atom. The molecule has 0 aromatic rings. The fourth-order valence-corrected chi connectivity index (χ4v) is 2.50. The van der Waals surface area contributed by atoms with Crippen molar-refractivity contribution in [3.05, 3.63) is 0 Å². The van der Waals surface area contributed by atoms with E-state index in [2.05, 4.69) is 0 Å². The minimum Gasteiger partial charge on any atom is -0.373 e. The van der Waals surface area contributed by atoms with Crippen molar-refractivity contribution in [2.75, 3.05) is 19.7 Å². The van der Waals surface area contributed by atoms with Gasteiger partial charge in [0.1, 0.15) is 0 Å². The first-order chi connectivity index (χ1) is 5.52. The van der Waals surface area contributed by atoms with Crippen molar-refractivity contribution in [1.29, 1.82) is 0 Å². The molecule has 0 amide bonds. The second-order valence-corrected chi connectivity index (χ2v) is 4.96. The molecule has 0 aliphatic carbocycles. The number of rotatable bonds is 1. The summed E-state index contributed by atoms with van der Waals surface area (Å²) in [5.74, 6) is 0. The van der Waals surface area contributed by atoms with Crippen LogP contribution in [0.15, 0.2) is 0 Å². The first-order valence-corrected chi connectivity index (χ1v) is 5.44. The third-order valence-electron chi connectivity index (χ3n) is 2.61. The van der Waals surface area contributed by atoms with Gasteiger partial charge in [-0.3, -0.25) is 0 Å². The molecule has 70 valence electrons. The van der Waals surface area contributed by atoms with Crippen LogP contribution < -0.4 is 5.14 Å². The van der Waals surface area contributed by atoms with Gasteiger partial charge in [-0.1, -0.05) is 0 Å². The zero-order chi connectivity index (χ0) is 8.82. The highest BCUT2D eigenvalue weighted by Crippen LogP contribution is 2.36. The fourth-order valence-electron chi connectivity index (χ4n) is 1.74. The highest BCUT2D eigenvalue weighted by atomic mass is 32.2. The first-order valence-electron chi connectivity index (χ1n) is 3.94. The maximum absolute atomic E-state index is 10.9. The molecule has 0 saturated carbocycles. The quantitative estimate of drug-likeness (QED) is 0.582. The van der Waals surface area contributed by atoms with Gasteiger partial charge in [-0.05, 0) is 6.42 Å². The third-order valence-corrected chi connectivity index (χ3v) is 3.64. The van der Waals surface area contributed by atoms with Gasteiger partial charge in [-0.2, -0.15) is 12.7 Å². The molecular weight excluding hydrogens is 180 g/mol. The largest absolute Gasteiger partial charge is 0.373 e. The summed E-state index contributed by atoms with van der Waals surface area (Å²) in [6, 6.07) is 0. The SMILES string of the molecule is NS(=O)(=O)N1CC[C@]2(CCO2)C1. The zero-order valence-electron chi connectivity index (χ0n) is 6.69. The molecule has 0 radical (unpaired) electrons. The summed E-state index contributed by atoms with van der Waals surface area (Å²) in [6.45, 7) is 1.68. The van der Waals surface area contributed by atoms with Gasteiger partial charge in [0.2, 0.25) is 0 Å². The van der Waals surface area contributed by atoms with E-state index in [0.717, 1.165) is 19.4 Å². The van der Waals surface area contributed by atoms with E-state index in [9.17, 15) is 8.42 Å². The predicted octanol–water partition coefficient (Wildman–Crippen LogP) is -0.945. The van der Waals surface area contributed by atoms with Crippen molar-refractivity contribution in [3.63, 3.8) is 0 Å². The summed E-state index contributed by atoms with van der Waals surface area (Å²) in [4.78, 5) is 0. The molecule has 2 fully saturated rings. The Morgan fingerprint density at radius 2 is 2.08 bits per heavy atom. The molecule has 2 heterocycles. The van der Waals surface area contributed by atoms with E-state index in [1.54, 1.807) is 0 Å². The van der Waals surface area contributed by atoms with Gasteiger partial charge in [-0.25, -0.2) is 5.14 Å². The lowest BCUT2D eigenvalue weighted by Crippen LogP contribution is -2.47. The van der Waals surface area contributed by atoms with Crippen LogP contribution in [0.2, 0.25) is 0 Å². The van der Waals surface area contributed by atoms with Crippen LogP contribution in [0, 0.1) is 0 Å². The first kappa shape index (κ1) is 8.43. The van der Waals surface area contributed by atoms with Gasteiger partial charge in [-0.15, -0.1) is 0 Å². The summed E-state index contributed by atoms with van der Waals surface area (Å²) in [6.07, 6.45) is 1.74. The van der Waals surface area contributed by atoms with Gasteiger partial charge in [0, 0.05) is 19.5 Å². The van der Waals surface area contributed by atoms with Crippen molar-refractivity contribution in [1.82, 2.24) is 4.31 Å². The second-order valence-electron chi connectivity index (χ2n) is 3.41. The molecule has 2 aliphatic heterocycles. The third kappa shape index (κ3) is 1.24. The molecule has 2 saturated heterocycles. The van der Waals surface area contributed by atoms with E-state index in [0.29, 0.717) is 13.1 Å². The molecule has 0 bridgehead atoms. The number of hydrogen-bond donors (Lipinski definition) is 1. The molecule has 12 heavy (non-hydrogen) atoms. The number of nitrogens with two attached hydrogens (primary N) is 1. The van der Waals surface area contributed by atoms with Crippen LogP contribution in [0.3, 0.4) is 0 Å². The summed E-state index contributed by atoms with van der Waals surface area (Å²) < 4.78 is 28.4. The average Bonchev–Trinajstić information content (AvgIpc) is 2.26. The Balaban J connectivity index is 2.08. The van der Waals surface area contributed by atoms with Gasteiger partial charge < -0.3 is 4.74 Å². The minimum atomic E-state index is -3.50. The van der Waals surface area contributed by atoms with Crippen LogP contribution in [-0.4, -0.2) is 38.0 Å². The Bertz CT molecular complexity index is 283. The van der Waals surface area contributed by atoms with Crippen molar-refractivity contribution in [3.8, 4) is 0 Å². The van der Waals surface area contributed by atoms with E-state index in [-0.39, 0.29) is 5.60 Å². The molecule has 0 unspecified atom stereocenters. The number of ether oxygens (including phenoxy) is 1. The Morgan fingerprint density at radius 1 is 1.42 bits per heavy atom. The lowest BCUT2D eigenvalue weighted by molar-refractivity contribution is -0.134. The highest BCUT2D eigenvalue weighted by molar-refractivity contribution is 7.86. The molecule has 5 nitrogen and oxygen atoms in total. The zero-order valence-corrected chi connectivity index (χ0v) is 7.51. The van der Waals surface area contributed by atoms with Crippen molar-refractivity contribution < 1.29 is 13.2 Å². The van der Waals surface area contributed by atoms with E-state index in [1.807, 2.05) is 0 Å².